The van der Waals surface area contributed by atoms with Crippen molar-refractivity contribution < 1.29 is 18.7 Å². The van der Waals surface area contributed by atoms with Crippen molar-refractivity contribution in [1.82, 2.24) is 5.32 Å². The summed E-state index contributed by atoms with van der Waals surface area (Å²) >= 11 is 0. The molecule has 2 rings (SSSR count). The first-order valence-electron chi connectivity index (χ1n) is 7.73. The molecule has 0 atom stereocenters. The molecule has 6 heteroatoms. The van der Waals surface area contributed by atoms with E-state index in [1.54, 1.807) is 24.3 Å². The zero-order valence-electron chi connectivity index (χ0n) is 13.7. The van der Waals surface area contributed by atoms with Crippen LogP contribution in [-0.4, -0.2) is 25.3 Å². The van der Waals surface area contributed by atoms with Gasteiger partial charge in [0.1, 0.15) is 23.9 Å². The molecule has 0 aliphatic carbocycles. The highest BCUT2D eigenvalue weighted by Crippen LogP contribution is 2.16. The van der Waals surface area contributed by atoms with Gasteiger partial charge in [0, 0.05) is 5.69 Å². The molecule has 2 aromatic rings. The number of rotatable bonds is 7. The van der Waals surface area contributed by atoms with Gasteiger partial charge in [0.15, 0.2) is 0 Å². The van der Waals surface area contributed by atoms with Gasteiger partial charge >= 0.3 is 6.03 Å². The first kappa shape index (κ1) is 17.6. The Bertz CT molecular complexity index is 642. The Morgan fingerprint density at radius 1 is 1.04 bits per heavy atom. The number of carbonyl (C=O) groups excluding carboxylic acids is 1. The van der Waals surface area contributed by atoms with Crippen LogP contribution in [0.5, 0.6) is 11.5 Å². The number of amides is 2. The Balaban J connectivity index is 1.68. The molecular formula is C18H21FN2O3. The molecule has 0 aliphatic heterocycles. The highest BCUT2D eigenvalue weighted by molar-refractivity contribution is 5.89. The number of nitrogens with one attached hydrogen (secondary N) is 2. The smallest absolute Gasteiger partial charge is 0.319 e. The Kier molecular flexibility index (Phi) is 6.42. The molecular weight excluding hydrogens is 311 g/mol. The van der Waals surface area contributed by atoms with E-state index >= 15 is 0 Å². The summed E-state index contributed by atoms with van der Waals surface area (Å²) in [5.74, 6) is 0.993. The zero-order chi connectivity index (χ0) is 17.4. The summed E-state index contributed by atoms with van der Waals surface area (Å²) in [6.45, 7) is 4.53. The summed E-state index contributed by atoms with van der Waals surface area (Å²) in [4.78, 5) is 11.8. The molecule has 24 heavy (non-hydrogen) atoms. The van der Waals surface area contributed by atoms with Crippen LogP contribution in [0.4, 0.5) is 14.9 Å². The van der Waals surface area contributed by atoms with Gasteiger partial charge in [-0.3, -0.25) is 0 Å². The van der Waals surface area contributed by atoms with Gasteiger partial charge in [0.2, 0.25) is 0 Å². The molecule has 2 amide bonds. The van der Waals surface area contributed by atoms with Crippen LogP contribution >= 0.6 is 0 Å². The minimum atomic E-state index is -0.324. The second-order valence-electron chi connectivity index (χ2n) is 5.37. The fraction of sp³-hybridized carbons (Fsp3) is 0.278. The number of carbonyl (C=O) groups is 1. The molecule has 0 spiro atoms. The number of anilines is 1. The largest absolute Gasteiger partial charge is 0.492 e. The van der Waals surface area contributed by atoms with Crippen molar-refractivity contribution in [2.24, 2.45) is 0 Å². The zero-order valence-corrected chi connectivity index (χ0v) is 13.7. The fourth-order valence-corrected chi connectivity index (χ4v) is 1.93. The van der Waals surface area contributed by atoms with E-state index in [1.807, 2.05) is 13.8 Å². The maximum absolute atomic E-state index is 12.7. The van der Waals surface area contributed by atoms with E-state index in [-0.39, 0.29) is 18.0 Å². The highest BCUT2D eigenvalue weighted by atomic mass is 19.1. The molecule has 0 unspecified atom stereocenters. The van der Waals surface area contributed by atoms with Gasteiger partial charge in [-0.1, -0.05) is 0 Å². The molecule has 5 nitrogen and oxygen atoms in total. The molecule has 0 aromatic heterocycles. The number of hydrogen-bond donors (Lipinski definition) is 2. The lowest BCUT2D eigenvalue weighted by Crippen LogP contribution is -2.32. The van der Waals surface area contributed by atoms with Crippen LogP contribution in [0.2, 0.25) is 0 Å². The Hall–Kier alpha value is -2.76. The standard InChI is InChI=1S/C18H21FN2O3/c1-13(2)24-17-9-5-15(6-10-17)21-18(22)20-11-12-23-16-7-3-14(19)4-8-16/h3-10,13H,11-12H2,1-2H3,(H2,20,21,22). The van der Waals surface area contributed by atoms with Crippen LogP contribution in [-0.2, 0) is 0 Å². The van der Waals surface area contributed by atoms with E-state index in [0.717, 1.165) is 5.75 Å². The van der Waals surface area contributed by atoms with E-state index < -0.39 is 0 Å². The molecule has 2 N–H and O–H groups in total. The number of ether oxygens (including phenoxy) is 2. The Morgan fingerprint density at radius 3 is 2.29 bits per heavy atom. The molecule has 0 saturated carbocycles. The normalized spacial score (nSPS) is 10.3. The quantitative estimate of drug-likeness (QED) is 0.758. The molecule has 0 saturated heterocycles. The predicted molar refractivity (Wildman–Crippen MR) is 91.1 cm³/mol. The van der Waals surface area contributed by atoms with E-state index in [4.69, 9.17) is 9.47 Å². The van der Waals surface area contributed by atoms with E-state index in [1.165, 1.54) is 24.3 Å². The van der Waals surface area contributed by atoms with Crippen molar-refractivity contribution in [3.63, 3.8) is 0 Å². The van der Waals surface area contributed by atoms with Crippen LogP contribution < -0.4 is 20.1 Å². The molecule has 0 radical (unpaired) electrons. The average Bonchev–Trinajstić information content (AvgIpc) is 2.55. The lowest BCUT2D eigenvalue weighted by Gasteiger charge is -2.11. The van der Waals surface area contributed by atoms with Gasteiger partial charge < -0.3 is 20.1 Å². The van der Waals surface area contributed by atoms with Crippen molar-refractivity contribution in [1.29, 1.82) is 0 Å². The van der Waals surface area contributed by atoms with Crippen molar-refractivity contribution in [3.8, 4) is 11.5 Å². The van der Waals surface area contributed by atoms with Crippen molar-refractivity contribution in [2.45, 2.75) is 20.0 Å². The number of hydrogen-bond acceptors (Lipinski definition) is 3. The van der Waals surface area contributed by atoms with E-state index in [0.29, 0.717) is 24.6 Å². The first-order valence-corrected chi connectivity index (χ1v) is 7.73. The van der Waals surface area contributed by atoms with Crippen LogP contribution in [0, 0.1) is 5.82 Å². The lowest BCUT2D eigenvalue weighted by atomic mass is 10.3. The predicted octanol–water partition coefficient (Wildman–Crippen LogP) is 3.81. The van der Waals surface area contributed by atoms with Crippen LogP contribution in [0.15, 0.2) is 48.5 Å². The summed E-state index contributed by atoms with van der Waals surface area (Å²) in [6, 6.07) is 12.5. The summed E-state index contributed by atoms with van der Waals surface area (Å²) in [5.41, 5.74) is 0.669. The minimum absolute atomic E-state index is 0.105. The maximum Gasteiger partial charge on any atom is 0.319 e. The van der Waals surface area contributed by atoms with E-state index in [9.17, 15) is 9.18 Å². The molecule has 128 valence electrons. The fourth-order valence-electron chi connectivity index (χ4n) is 1.93. The summed E-state index contributed by atoms with van der Waals surface area (Å²) < 4.78 is 23.7. The SMILES string of the molecule is CC(C)Oc1ccc(NC(=O)NCCOc2ccc(F)cc2)cc1. The second kappa shape index (κ2) is 8.76. The van der Waals surface area contributed by atoms with Crippen LogP contribution in [0.3, 0.4) is 0 Å². The third-order valence-electron chi connectivity index (χ3n) is 2.95. The number of urea groups is 1. The first-order chi connectivity index (χ1) is 11.5. The van der Waals surface area contributed by atoms with Crippen LogP contribution in [0.25, 0.3) is 0 Å². The molecule has 2 aromatic carbocycles. The summed E-state index contributed by atoms with van der Waals surface area (Å²) in [7, 11) is 0. The number of benzene rings is 2. The average molecular weight is 332 g/mol. The summed E-state index contributed by atoms with van der Waals surface area (Å²) in [6.07, 6.45) is 0.105. The maximum atomic E-state index is 12.7. The van der Waals surface area contributed by atoms with Crippen molar-refractivity contribution in [2.75, 3.05) is 18.5 Å². The molecule has 0 heterocycles. The highest BCUT2D eigenvalue weighted by Gasteiger charge is 2.03. The topological polar surface area (TPSA) is 59.6 Å². The summed E-state index contributed by atoms with van der Waals surface area (Å²) in [5, 5.41) is 5.40. The third-order valence-corrected chi connectivity index (χ3v) is 2.95. The van der Waals surface area contributed by atoms with Crippen LogP contribution in [0.1, 0.15) is 13.8 Å². The molecule has 0 fully saturated rings. The number of halogens is 1. The van der Waals surface area contributed by atoms with E-state index in [2.05, 4.69) is 10.6 Å². The van der Waals surface area contributed by atoms with Gasteiger partial charge in [-0.15, -0.1) is 0 Å². The van der Waals surface area contributed by atoms with Gasteiger partial charge in [0.05, 0.1) is 12.6 Å². The van der Waals surface area contributed by atoms with Gasteiger partial charge in [-0.25, -0.2) is 9.18 Å². The lowest BCUT2D eigenvalue weighted by molar-refractivity contribution is 0.242. The van der Waals surface area contributed by atoms with Gasteiger partial charge in [-0.2, -0.15) is 0 Å². The van der Waals surface area contributed by atoms with Crippen molar-refractivity contribution >= 4 is 11.7 Å². The molecule has 0 bridgehead atoms. The minimum Gasteiger partial charge on any atom is -0.492 e. The second-order valence-corrected chi connectivity index (χ2v) is 5.37. The van der Waals surface area contributed by atoms with Gasteiger partial charge in [-0.05, 0) is 62.4 Å². The molecule has 0 aliphatic rings. The Morgan fingerprint density at radius 2 is 1.67 bits per heavy atom. The van der Waals surface area contributed by atoms with Crippen molar-refractivity contribution in [3.05, 3.63) is 54.3 Å². The monoisotopic (exact) mass is 332 g/mol. The third kappa shape index (κ3) is 6.16. The van der Waals surface area contributed by atoms with Gasteiger partial charge in [0.25, 0.3) is 0 Å². The Labute approximate surface area is 140 Å².